The van der Waals surface area contributed by atoms with Gasteiger partial charge in [-0.3, -0.25) is 0 Å². The molecule has 2 aromatic rings. The van der Waals surface area contributed by atoms with Gasteiger partial charge >= 0.3 is 6.01 Å². The Morgan fingerprint density at radius 1 is 1.11 bits per heavy atom. The van der Waals surface area contributed by atoms with E-state index in [1.165, 1.54) is 5.56 Å². The summed E-state index contributed by atoms with van der Waals surface area (Å²) in [6.45, 7) is 2.06. The van der Waals surface area contributed by atoms with Crippen LogP contribution < -0.4 is 10.1 Å². The molecular weight excluding hydrogens is 250 g/mol. The third kappa shape index (κ3) is 4.31. The molecule has 0 spiro atoms. The zero-order valence-electron chi connectivity index (χ0n) is 9.84. The van der Waals surface area contributed by atoms with Gasteiger partial charge in [-0.2, -0.15) is 0 Å². The fourth-order valence-corrected chi connectivity index (χ4v) is 1.54. The minimum Gasteiger partial charge on any atom is -0.462 e. The fourth-order valence-electron chi connectivity index (χ4n) is 1.41. The summed E-state index contributed by atoms with van der Waals surface area (Å²) in [7, 11) is 0. The molecule has 0 saturated carbocycles. The van der Waals surface area contributed by atoms with E-state index in [1.54, 1.807) is 18.5 Å². The van der Waals surface area contributed by atoms with Gasteiger partial charge in [-0.25, -0.2) is 9.97 Å². The number of halogens is 1. The summed E-state index contributed by atoms with van der Waals surface area (Å²) in [6.07, 6.45) is 3.31. The number of nitrogens with one attached hydrogen (secondary N) is 1. The first kappa shape index (κ1) is 12.8. The Kier molecular flexibility index (Phi) is 4.93. The van der Waals surface area contributed by atoms with Crippen LogP contribution in [0.4, 0.5) is 0 Å². The third-order valence-corrected chi connectivity index (χ3v) is 2.55. The lowest BCUT2D eigenvalue weighted by atomic mass is 10.2. The molecule has 4 nitrogen and oxygen atoms in total. The van der Waals surface area contributed by atoms with Gasteiger partial charge in [-0.1, -0.05) is 23.7 Å². The topological polar surface area (TPSA) is 47.0 Å². The first-order valence-electron chi connectivity index (χ1n) is 5.69. The molecule has 0 aliphatic carbocycles. The highest BCUT2D eigenvalue weighted by atomic mass is 35.5. The van der Waals surface area contributed by atoms with Crippen LogP contribution in [0.5, 0.6) is 6.01 Å². The first-order valence-corrected chi connectivity index (χ1v) is 6.07. The molecule has 0 fully saturated rings. The zero-order chi connectivity index (χ0) is 12.6. The fraction of sp³-hybridized carbons (Fsp3) is 0.231. The Labute approximate surface area is 111 Å². The molecule has 1 N–H and O–H groups in total. The van der Waals surface area contributed by atoms with Crippen molar-refractivity contribution in [2.24, 2.45) is 0 Å². The van der Waals surface area contributed by atoms with E-state index in [9.17, 15) is 0 Å². The molecule has 1 aromatic heterocycles. The summed E-state index contributed by atoms with van der Waals surface area (Å²) in [5, 5.41) is 4.02. The second kappa shape index (κ2) is 6.93. The van der Waals surface area contributed by atoms with Gasteiger partial charge in [0.15, 0.2) is 0 Å². The number of nitrogens with zero attached hydrogens (tertiary/aromatic N) is 2. The Bertz CT molecular complexity index is 461. The highest BCUT2D eigenvalue weighted by Gasteiger charge is 1.95. The van der Waals surface area contributed by atoms with Crippen LogP contribution in [-0.2, 0) is 6.54 Å². The van der Waals surface area contributed by atoms with Gasteiger partial charge in [0.1, 0.15) is 6.61 Å². The highest BCUT2D eigenvalue weighted by Crippen LogP contribution is 2.08. The molecule has 0 aliphatic rings. The van der Waals surface area contributed by atoms with Gasteiger partial charge in [0, 0.05) is 30.5 Å². The number of ether oxygens (including phenoxy) is 1. The molecule has 0 bridgehead atoms. The van der Waals surface area contributed by atoms with Crippen molar-refractivity contribution in [2.75, 3.05) is 13.2 Å². The summed E-state index contributed by atoms with van der Waals surface area (Å²) in [5.41, 5.74) is 1.19. The first-order chi connectivity index (χ1) is 8.84. The van der Waals surface area contributed by atoms with Crippen molar-refractivity contribution in [2.45, 2.75) is 6.54 Å². The maximum atomic E-state index is 5.81. The van der Waals surface area contributed by atoms with E-state index in [2.05, 4.69) is 15.3 Å². The summed E-state index contributed by atoms with van der Waals surface area (Å²) in [6, 6.07) is 9.92. The molecule has 18 heavy (non-hydrogen) atoms. The Balaban J connectivity index is 1.63. The van der Waals surface area contributed by atoms with Gasteiger partial charge in [0.05, 0.1) is 0 Å². The van der Waals surface area contributed by atoms with Gasteiger partial charge in [0.25, 0.3) is 0 Å². The lowest BCUT2D eigenvalue weighted by Crippen LogP contribution is -2.21. The lowest BCUT2D eigenvalue weighted by molar-refractivity contribution is 0.289. The van der Waals surface area contributed by atoms with E-state index >= 15 is 0 Å². The molecule has 0 amide bonds. The van der Waals surface area contributed by atoms with Crippen molar-refractivity contribution in [1.29, 1.82) is 0 Å². The number of benzene rings is 1. The Morgan fingerprint density at radius 2 is 1.83 bits per heavy atom. The van der Waals surface area contributed by atoms with Gasteiger partial charge in [0.2, 0.25) is 0 Å². The zero-order valence-corrected chi connectivity index (χ0v) is 10.6. The Morgan fingerprint density at radius 3 is 2.56 bits per heavy atom. The minimum atomic E-state index is 0.408. The molecular formula is C13H14ClN3O. The van der Waals surface area contributed by atoms with E-state index in [-0.39, 0.29) is 0 Å². The van der Waals surface area contributed by atoms with Crippen LogP contribution in [0.25, 0.3) is 0 Å². The van der Waals surface area contributed by atoms with E-state index < -0.39 is 0 Å². The average molecular weight is 264 g/mol. The second-order valence-electron chi connectivity index (χ2n) is 3.68. The second-order valence-corrected chi connectivity index (χ2v) is 4.12. The number of rotatable bonds is 6. The molecule has 1 heterocycles. The molecule has 0 aliphatic heterocycles. The molecule has 94 valence electrons. The number of aromatic nitrogens is 2. The maximum Gasteiger partial charge on any atom is 0.316 e. The number of hydrogen-bond acceptors (Lipinski definition) is 4. The van der Waals surface area contributed by atoms with E-state index in [4.69, 9.17) is 16.3 Å². The summed E-state index contributed by atoms with van der Waals surface area (Å²) in [5.74, 6) is 0. The van der Waals surface area contributed by atoms with Crippen molar-refractivity contribution in [3.8, 4) is 6.01 Å². The SMILES string of the molecule is Clc1ccc(CNCCOc2ncccn2)cc1. The van der Waals surface area contributed by atoms with E-state index in [0.29, 0.717) is 12.6 Å². The molecule has 2 rings (SSSR count). The Hall–Kier alpha value is -1.65. The lowest BCUT2D eigenvalue weighted by Gasteiger charge is -2.06. The predicted octanol–water partition coefficient (Wildman–Crippen LogP) is 2.30. The number of hydrogen-bond donors (Lipinski definition) is 1. The van der Waals surface area contributed by atoms with Crippen molar-refractivity contribution in [3.63, 3.8) is 0 Å². The molecule has 0 radical (unpaired) electrons. The van der Waals surface area contributed by atoms with Gasteiger partial charge < -0.3 is 10.1 Å². The van der Waals surface area contributed by atoms with Crippen LogP contribution in [0.1, 0.15) is 5.56 Å². The summed E-state index contributed by atoms with van der Waals surface area (Å²) < 4.78 is 5.36. The van der Waals surface area contributed by atoms with Crippen molar-refractivity contribution >= 4 is 11.6 Å². The normalized spacial score (nSPS) is 10.3. The van der Waals surface area contributed by atoms with Crippen molar-refractivity contribution in [1.82, 2.24) is 15.3 Å². The van der Waals surface area contributed by atoms with Gasteiger partial charge in [-0.05, 0) is 23.8 Å². The van der Waals surface area contributed by atoms with Gasteiger partial charge in [-0.15, -0.1) is 0 Å². The summed E-state index contributed by atoms with van der Waals surface area (Å²) >= 11 is 5.81. The standard InChI is InChI=1S/C13H14ClN3O/c14-12-4-2-11(3-5-12)10-15-8-9-18-13-16-6-1-7-17-13/h1-7,15H,8-10H2. The molecule has 0 atom stereocenters. The predicted molar refractivity (Wildman–Crippen MR) is 70.7 cm³/mol. The smallest absolute Gasteiger partial charge is 0.316 e. The average Bonchev–Trinajstić information content (AvgIpc) is 2.42. The quantitative estimate of drug-likeness (QED) is 0.813. The van der Waals surface area contributed by atoms with E-state index in [1.807, 2.05) is 24.3 Å². The monoisotopic (exact) mass is 263 g/mol. The van der Waals surface area contributed by atoms with Crippen molar-refractivity contribution in [3.05, 3.63) is 53.3 Å². The van der Waals surface area contributed by atoms with Crippen LogP contribution in [0.3, 0.4) is 0 Å². The van der Waals surface area contributed by atoms with Crippen LogP contribution in [0.15, 0.2) is 42.7 Å². The third-order valence-electron chi connectivity index (χ3n) is 2.29. The maximum absolute atomic E-state index is 5.81. The minimum absolute atomic E-state index is 0.408. The van der Waals surface area contributed by atoms with E-state index in [0.717, 1.165) is 18.1 Å². The van der Waals surface area contributed by atoms with Crippen molar-refractivity contribution < 1.29 is 4.74 Å². The van der Waals surface area contributed by atoms with Crippen LogP contribution in [-0.4, -0.2) is 23.1 Å². The van der Waals surface area contributed by atoms with Crippen LogP contribution in [0.2, 0.25) is 5.02 Å². The molecule has 0 saturated heterocycles. The largest absolute Gasteiger partial charge is 0.462 e. The molecule has 0 unspecified atom stereocenters. The summed E-state index contributed by atoms with van der Waals surface area (Å²) in [4.78, 5) is 7.94. The highest BCUT2D eigenvalue weighted by molar-refractivity contribution is 6.30. The molecule has 5 heteroatoms. The van der Waals surface area contributed by atoms with Crippen LogP contribution >= 0.6 is 11.6 Å². The molecule has 1 aromatic carbocycles. The van der Waals surface area contributed by atoms with Crippen LogP contribution in [0, 0.1) is 0 Å².